The summed E-state index contributed by atoms with van der Waals surface area (Å²) in [5.41, 5.74) is 10.1. The quantitative estimate of drug-likeness (QED) is 0.468. The molecule has 2 atom stereocenters. The second-order valence-electron chi connectivity index (χ2n) is 2.66. The lowest BCUT2D eigenvalue weighted by Gasteiger charge is -2.18. The summed E-state index contributed by atoms with van der Waals surface area (Å²) < 4.78 is 0. The molecule has 4 heteroatoms. The Bertz CT molecular complexity index is 125. The van der Waals surface area contributed by atoms with E-state index in [0.717, 1.165) is 0 Å². The van der Waals surface area contributed by atoms with Gasteiger partial charge in [-0.15, -0.1) is 0 Å². The first kappa shape index (κ1) is 9.39. The van der Waals surface area contributed by atoms with Crippen molar-refractivity contribution in [2.75, 3.05) is 0 Å². The lowest BCUT2D eigenvalue weighted by atomic mass is 10.0. The minimum Gasteiger partial charge on any atom is -0.391 e. The molecule has 4 nitrogen and oxygen atoms in total. The standard InChI is InChI=1S/C6H14N2O2/c1-3(2)5(9)4(7)6(8)10/h3-5,9H,7H2,1-2H3,(H2,8,10)/t4-,5+/m0/s1. The van der Waals surface area contributed by atoms with Gasteiger partial charge in [-0.05, 0) is 5.92 Å². The Morgan fingerprint density at radius 2 is 1.90 bits per heavy atom. The second-order valence-corrected chi connectivity index (χ2v) is 2.66. The van der Waals surface area contributed by atoms with Crippen molar-refractivity contribution in [2.24, 2.45) is 17.4 Å². The summed E-state index contributed by atoms with van der Waals surface area (Å²) in [6.45, 7) is 3.54. The highest BCUT2D eigenvalue weighted by Gasteiger charge is 2.22. The van der Waals surface area contributed by atoms with Crippen LogP contribution in [0.25, 0.3) is 0 Å². The molecule has 0 saturated carbocycles. The van der Waals surface area contributed by atoms with Gasteiger partial charge in [-0.1, -0.05) is 13.8 Å². The monoisotopic (exact) mass is 146 g/mol. The molecule has 0 unspecified atom stereocenters. The molecule has 0 aromatic rings. The Labute approximate surface area is 60.2 Å². The molecule has 1 amide bonds. The van der Waals surface area contributed by atoms with Crippen LogP contribution in [-0.4, -0.2) is 23.2 Å². The van der Waals surface area contributed by atoms with Crippen LogP contribution in [0.3, 0.4) is 0 Å². The highest BCUT2D eigenvalue weighted by molar-refractivity contribution is 5.80. The number of carbonyl (C=O) groups excluding carboxylic acids is 1. The van der Waals surface area contributed by atoms with Crippen LogP contribution in [0.4, 0.5) is 0 Å². The van der Waals surface area contributed by atoms with Crippen molar-refractivity contribution in [1.82, 2.24) is 0 Å². The molecular weight excluding hydrogens is 132 g/mol. The first-order valence-electron chi connectivity index (χ1n) is 3.19. The molecule has 0 spiro atoms. The highest BCUT2D eigenvalue weighted by Crippen LogP contribution is 2.03. The summed E-state index contributed by atoms with van der Waals surface area (Å²) in [5, 5.41) is 9.14. The largest absolute Gasteiger partial charge is 0.391 e. The third-order valence-corrected chi connectivity index (χ3v) is 1.38. The normalized spacial score (nSPS) is 16.9. The van der Waals surface area contributed by atoms with Gasteiger partial charge < -0.3 is 16.6 Å². The first-order chi connectivity index (χ1) is 4.46. The van der Waals surface area contributed by atoms with Crippen molar-refractivity contribution in [1.29, 1.82) is 0 Å². The molecular formula is C6H14N2O2. The third-order valence-electron chi connectivity index (χ3n) is 1.38. The number of hydrogen-bond acceptors (Lipinski definition) is 3. The number of carbonyl (C=O) groups is 1. The highest BCUT2D eigenvalue weighted by atomic mass is 16.3. The number of amides is 1. The van der Waals surface area contributed by atoms with Crippen LogP contribution in [0.2, 0.25) is 0 Å². The Morgan fingerprint density at radius 1 is 1.50 bits per heavy atom. The average molecular weight is 146 g/mol. The molecule has 0 aliphatic carbocycles. The van der Waals surface area contributed by atoms with Crippen LogP contribution >= 0.6 is 0 Å². The summed E-state index contributed by atoms with van der Waals surface area (Å²) in [4.78, 5) is 10.4. The van der Waals surface area contributed by atoms with E-state index in [9.17, 15) is 4.79 Å². The molecule has 5 N–H and O–H groups in total. The first-order valence-corrected chi connectivity index (χ1v) is 3.19. The fourth-order valence-corrected chi connectivity index (χ4v) is 0.583. The molecule has 60 valence electrons. The summed E-state index contributed by atoms with van der Waals surface area (Å²) in [6, 6.07) is -0.944. The molecule has 0 aliphatic heterocycles. The van der Waals surface area contributed by atoms with Gasteiger partial charge in [0.05, 0.1) is 6.10 Å². The maximum atomic E-state index is 10.4. The maximum absolute atomic E-state index is 10.4. The zero-order valence-electron chi connectivity index (χ0n) is 6.24. The van der Waals surface area contributed by atoms with Crippen molar-refractivity contribution in [3.05, 3.63) is 0 Å². The Morgan fingerprint density at radius 3 is 2.00 bits per heavy atom. The molecule has 0 saturated heterocycles. The predicted octanol–water partition coefficient (Wildman–Crippen LogP) is -1.18. The number of hydrogen-bond donors (Lipinski definition) is 3. The number of aliphatic hydroxyl groups is 1. The molecule has 0 radical (unpaired) electrons. The summed E-state index contributed by atoms with van der Waals surface area (Å²) in [6.07, 6.45) is -0.836. The van der Waals surface area contributed by atoms with Crippen LogP contribution < -0.4 is 11.5 Å². The summed E-state index contributed by atoms with van der Waals surface area (Å²) in [7, 11) is 0. The Hall–Kier alpha value is -0.610. The SMILES string of the molecule is CC(C)[C@@H](O)[C@H](N)C(N)=O. The molecule has 0 aromatic carbocycles. The van der Waals surface area contributed by atoms with Gasteiger partial charge in [0.2, 0.25) is 5.91 Å². The van der Waals surface area contributed by atoms with E-state index < -0.39 is 18.1 Å². The molecule has 0 rings (SSSR count). The molecule has 0 fully saturated rings. The fraction of sp³-hybridized carbons (Fsp3) is 0.833. The topological polar surface area (TPSA) is 89.3 Å². The Balaban J connectivity index is 3.94. The molecule has 0 aromatic heterocycles. The predicted molar refractivity (Wildman–Crippen MR) is 38.0 cm³/mol. The van der Waals surface area contributed by atoms with E-state index in [4.69, 9.17) is 16.6 Å². The average Bonchev–Trinajstić information content (AvgIpc) is 1.84. The molecule has 0 aliphatic rings. The minimum atomic E-state index is -0.944. The van der Waals surface area contributed by atoms with E-state index in [1.165, 1.54) is 0 Å². The van der Waals surface area contributed by atoms with E-state index >= 15 is 0 Å². The van der Waals surface area contributed by atoms with Gasteiger partial charge in [-0.3, -0.25) is 4.79 Å². The van der Waals surface area contributed by atoms with Crippen molar-refractivity contribution >= 4 is 5.91 Å². The maximum Gasteiger partial charge on any atom is 0.237 e. The van der Waals surface area contributed by atoms with Gasteiger partial charge in [0.15, 0.2) is 0 Å². The second kappa shape index (κ2) is 3.53. The van der Waals surface area contributed by atoms with E-state index in [0.29, 0.717) is 0 Å². The van der Waals surface area contributed by atoms with Gasteiger partial charge in [-0.25, -0.2) is 0 Å². The molecule has 0 heterocycles. The smallest absolute Gasteiger partial charge is 0.237 e. The zero-order chi connectivity index (χ0) is 8.31. The van der Waals surface area contributed by atoms with Crippen molar-refractivity contribution < 1.29 is 9.90 Å². The molecule has 10 heavy (non-hydrogen) atoms. The van der Waals surface area contributed by atoms with Crippen molar-refractivity contribution in [2.45, 2.75) is 26.0 Å². The van der Waals surface area contributed by atoms with E-state index in [1.54, 1.807) is 13.8 Å². The van der Waals surface area contributed by atoms with Crippen LogP contribution in [0.15, 0.2) is 0 Å². The van der Waals surface area contributed by atoms with E-state index in [1.807, 2.05) is 0 Å². The Kier molecular flexibility index (Phi) is 3.32. The minimum absolute atomic E-state index is 0.0394. The van der Waals surface area contributed by atoms with Crippen molar-refractivity contribution in [3.63, 3.8) is 0 Å². The molecule has 0 bridgehead atoms. The number of primary amides is 1. The number of aliphatic hydroxyl groups excluding tert-OH is 1. The van der Waals surface area contributed by atoms with Crippen LogP contribution in [0.1, 0.15) is 13.8 Å². The summed E-state index contributed by atoms with van der Waals surface area (Å²) in [5.74, 6) is -0.705. The lowest BCUT2D eigenvalue weighted by molar-refractivity contribution is -0.122. The van der Waals surface area contributed by atoms with E-state index in [-0.39, 0.29) is 5.92 Å². The van der Waals surface area contributed by atoms with Gasteiger partial charge in [0.25, 0.3) is 0 Å². The van der Waals surface area contributed by atoms with Crippen LogP contribution in [0.5, 0.6) is 0 Å². The van der Waals surface area contributed by atoms with Gasteiger partial charge in [0.1, 0.15) is 6.04 Å². The summed E-state index contributed by atoms with van der Waals surface area (Å²) >= 11 is 0. The van der Waals surface area contributed by atoms with Gasteiger partial charge in [0, 0.05) is 0 Å². The third kappa shape index (κ3) is 2.33. The van der Waals surface area contributed by atoms with E-state index in [2.05, 4.69) is 0 Å². The van der Waals surface area contributed by atoms with Gasteiger partial charge in [-0.2, -0.15) is 0 Å². The zero-order valence-corrected chi connectivity index (χ0v) is 6.24. The van der Waals surface area contributed by atoms with Crippen molar-refractivity contribution in [3.8, 4) is 0 Å². The van der Waals surface area contributed by atoms with Crippen LogP contribution in [-0.2, 0) is 4.79 Å². The fourth-order valence-electron chi connectivity index (χ4n) is 0.583. The number of rotatable bonds is 3. The van der Waals surface area contributed by atoms with Crippen LogP contribution in [0, 0.1) is 5.92 Å². The lowest BCUT2D eigenvalue weighted by Crippen LogP contribution is -2.47. The number of nitrogens with two attached hydrogens (primary N) is 2. The van der Waals surface area contributed by atoms with Gasteiger partial charge >= 0.3 is 0 Å².